The first-order valence-corrected chi connectivity index (χ1v) is 16.0. The topological polar surface area (TPSA) is 99.4 Å². The summed E-state index contributed by atoms with van der Waals surface area (Å²) in [6.07, 6.45) is 11.3. The summed E-state index contributed by atoms with van der Waals surface area (Å²) in [5.41, 5.74) is 3.58. The van der Waals surface area contributed by atoms with E-state index in [0.717, 1.165) is 25.2 Å². The van der Waals surface area contributed by atoms with E-state index in [1.165, 1.54) is 31.3 Å². The predicted octanol–water partition coefficient (Wildman–Crippen LogP) is 5.16. The Morgan fingerprint density at radius 1 is 0.925 bits per heavy atom. The van der Waals surface area contributed by atoms with Gasteiger partial charge in [-0.2, -0.15) is 0 Å². The number of aliphatic hydroxyl groups is 4. The molecule has 4 aliphatic carbocycles. The van der Waals surface area contributed by atoms with E-state index in [1.807, 2.05) is 0 Å². The normalized spacial score (nSPS) is 46.8. The molecular formula is C34H54O6. The number of aliphatic hydroxyl groups excluding tert-OH is 4. The molecule has 6 nitrogen and oxygen atoms in total. The smallest absolute Gasteiger partial charge is 0.186 e. The molecule has 0 spiro atoms. The lowest BCUT2D eigenvalue weighted by Crippen LogP contribution is -2.60. The lowest BCUT2D eigenvalue weighted by atomic mass is 9.50. The molecule has 6 heteroatoms. The molecule has 40 heavy (non-hydrogen) atoms. The molecule has 5 rings (SSSR count). The van der Waals surface area contributed by atoms with Crippen molar-refractivity contribution in [1.82, 2.24) is 0 Å². The minimum Gasteiger partial charge on any atom is -0.394 e. The first kappa shape index (κ1) is 30.4. The van der Waals surface area contributed by atoms with Crippen molar-refractivity contribution in [3.8, 4) is 0 Å². The van der Waals surface area contributed by atoms with Crippen molar-refractivity contribution in [2.75, 3.05) is 6.61 Å². The van der Waals surface area contributed by atoms with E-state index >= 15 is 0 Å². The van der Waals surface area contributed by atoms with Gasteiger partial charge in [-0.3, -0.25) is 0 Å². The SMILES string of the molecule is CC(C)C(C)/C=C/C(C)[C@H]1CC[C@H]2C3=CC=C4CC(OC5OC(CO)C(O)C(O)C5O)CC[C@]4(C)[C@H]3CC[C@]12C. The number of hydrogen-bond acceptors (Lipinski definition) is 6. The maximum atomic E-state index is 10.5. The van der Waals surface area contributed by atoms with Crippen LogP contribution in [0.25, 0.3) is 0 Å². The van der Waals surface area contributed by atoms with Gasteiger partial charge in [0.15, 0.2) is 6.29 Å². The maximum Gasteiger partial charge on any atom is 0.186 e. The Balaban J connectivity index is 1.29. The number of fused-ring (bicyclic) bond motifs is 5. The molecule has 4 fully saturated rings. The van der Waals surface area contributed by atoms with Crippen molar-refractivity contribution in [2.45, 2.75) is 123 Å². The lowest BCUT2D eigenvalue weighted by Gasteiger charge is -2.55. The average Bonchev–Trinajstić information content (AvgIpc) is 3.29. The van der Waals surface area contributed by atoms with Crippen molar-refractivity contribution in [1.29, 1.82) is 0 Å². The Labute approximate surface area is 241 Å². The van der Waals surface area contributed by atoms with E-state index in [1.54, 1.807) is 5.57 Å². The molecule has 13 atom stereocenters. The summed E-state index contributed by atoms with van der Waals surface area (Å²) in [6.45, 7) is 14.0. The lowest BCUT2D eigenvalue weighted by molar-refractivity contribution is -0.312. The molecule has 0 amide bonds. The third-order valence-corrected chi connectivity index (χ3v) is 12.2. The standard InChI is InChI=1S/C34H54O6/c1-19(2)20(3)7-8-21(4)25-11-12-26-24-10-9-22-17-23(13-15-33(22,5)27(24)14-16-34(25,26)6)39-32-31(38)30(37)29(36)28(18-35)40-32/h7-10,19-21,23,25-32,35-38H,11-18H2,1-6H3/b8-7+/t20?,21?,23?,25-,26+,27+,28?,29?,30?,31?,32?,33+,34-/m1/s1. The number of allylic oxidation sites excluding steroid dienone is 5. The Morgan fingerprint density at radius 2 is 1.68 bits per heavy atom. The first-order chi connectivity index (χ1) is 18.9. The quantitative estimate of drug-likeness (QED) is 0.323. The van der Waals surface area contributed by atoms with E-state index < -0.39 is 37.3 Å². The van der Waals surface area contributed by atoms with Crippen LogP contribution in [0.15, 0.2) is 35.5 Å². The molecule has 1 aliphatic heterocycles. The van der Waals surface area contributed by atoms with Crippen molar-refractivity contribution in [3.63, 3.8) is 0 Å². The second-order valence-corrected chi connectivity index (χ2v) is 14.7. The minimum absolute atomic E-state index is 0.122. The summed E-state index contributed by atoms with van der Waals surface area (Å²) < 4.78 is 11.8. The Kier molecular flexibility index (Phi) is 8.81. The zero-order valence-corrected chi connectivity index (χ0v) is 25.5. The molecule has 5 aliphatic rings. The van der Waals surface area contributed by atoms with Crippen LogP contribution in [0.2, 0.25) is 0 Å². The van der Waals surface area contributed by atoms with E-state index in [2.05, 4.69) is 65.8 Å². The molecule has 226 valence electrons. The third-order valence-electron chi connectivity index (χ3n) is 12.2. The van der Waals surface area contributed by atoms with Gasteiger partial charge in [0.25, 0.3) is 0 Å². The molecule has 0 aromatic rings. The second-order valence-electron chi connectivity index (χ2n) is 14.7. The van der Waals surface area contributed by atoms with Gasteiger partial charge in [-0.25, -0.2) is 0 Å². The zero-order chi connectivity index (χ0) is 29.0. The Bertz CT molecular complexity index is 1000. The van der Waals surface area contributed by atoms with Crippen LogP contribution < -0.4 is 0 Å². The summed E-state index contributed by atoms with van der Waals surface area (Å²) in [5, 5.41) is 40.3. The van der Waals surface area contributed by atoms with Crippen LogP contribution >= 0.6 is 0 Å². The highest BCUT2D eigenvalue weighted by molar-refractivity contribution is 5.39. The van der Waals surface area contributed by atoms with E-state index in [0.29, 0.717) is 35.0 Å². The zero-order valence-electron chi connectivity index (χ0n) is 25.5. The summed E-state index contributed by atoms with van der Waals surface area (Å²) in [5.74, 6) is 3.87. The van der Waals surface area contributed by atoms with Gasteiger partial charge < -0.3 is 29.9 Å². The summed E-state index contributed by atoms with van der Waals surface area (Å²) >= 11 is 0. The van der Waals surface area contributed by atoms with Crippen LogP contribution in [0.5, 0.6) is 0 Å². The summed E-state index contributed by atoms with van der Waals surface area (Å²) in [6, 6.07) is 0. The average molecular weight is 559 g/mol. The monoisotopic (exact) mass is 558 g/mol. The van der Waals surface area contributed by atoms with E-state index in [-0.39, 0.29) is 11.5 Å². The molecule has 0 radical (unpaired) electrons. The van der Waals surface area contributed by atoms with Gasteiger partial charge in [-0.05, 0) is 91.3 Å². The highest BCUT2D eigenvalue weighted by Gasteiger charge is 2.57. The first-order valence-electron chi connectivity index (χ1n) is 16.0. The van der Waals surface area contributed by atoms with Gasteiger partial charge in [0.05, 0.1) is 12.7 Å². The van der Waals surface area contributed by atoms with Crippen molar-refractivity contribution < 1.29 is 29.9 Å². The fourth-order valence-corrected chi connectivity index (χ4v) is 9.07. The van der Waals surface area contributed by atoms with Gasteiger partial charge in [-0.1, -0.05) is 77.0 Å². The van der Waals surface area contributed by atoms with Crippen LogP contribution in [0.4, 0.5) is 0 Å². The molecule has 3 saturated carbocycles. The predicted molar refractivity (Wildman–Crippen MR) is 156 cm³/mol. The number of hydrogen-bond donors (Lipinski definition) is 4. The van der Waals surface area contributed by atoms with Crippen molar-refractivity contribution >= 4 is 0 Å². The van der Waals surface area contributed by atoms with Crippen LogP contribution in [0.1, 0.15) is 86.5 Å². The highest BCUT2D eigenvalue weighted by Crippen LogP contribution is 2.66. The van der Waals surface area contributed by atoms with Crippen LogP contribution in [-0.2, 0) is 9.47 Å². The van der Waals surface area contributed by atoms with Crippen molar-refractivity contribution in [2.24, 2.45) is 46.3 Å². The summed E-state index contributed by atoms with van der Waals surface area (Å²) in [4.78, 5) is 0. The highest BCUT2D eigenvalue weighted by atomic mass is 16.7. The van der Waals surface area contributed by atoms with Gasteiger partial charge >= 0.3 is 0 Å². The molecule has 0 aromatic carbocycles. The molecule has 8 unspecified atom stereocenters. The van der Waals surface area contributed by atoms with E-state index in [9.17, 15) is 20.4 Å². The molecular weight excluding hydrogens is 504 g/mol. The molecule has 1 heterocycles. The second kappa shape index (κ2) is 11.6. The molecule has 0 bridgehead atoms. The number of ether oxygens (including phenoxy) is 2. The van der Waals surface area contributed by atoms with Crippen LogP contribution in [0.3, 0.4) is 0 Å². The van der Waals surface area contributed by atoms with Gasteiger partial charge in [0.1, 0.15) is 24.4 Å². The minimum atomic E-state index is -1.41. The Hall–Kier alpha value is -1.02. The fraction of sp³-hybridized carbons (Fsp3) is 0.824. The fourth-order valence-electron chi connectivity index (χ4n) is 9.07. The number of rotatable bonds is 7. The van der Waals surface area contributed by atoms with Crippen molar-refractivity contribution in [3.05, 3.63) is 35.5 Å². The summed E-state index contributed by atoms with van der Waals surface area (Å²) in [7, 11) is 0. The van der Waals surface area contributed by atoms with Crippen LogP contribution in [-0.4, -0.2) is 63.8 Å². The molecule has 0 aromatic heterocycles. The van der Waals surface area contributed by atoms with Gasteiger partial charge in [0.2, 0.25) is 0 Å². The van der Waals surface area contributed by atoms with Gasteiger partial charge in [0, 0.05) is 0 Å². The van der Waals surface area contributed by atoms with E-state index in [4.69, 9.17) is 9.47 Å². The largest absolute Gasteiger partial charge is 0.394 e. The molecule has 1 saturated heterocycles. The Morgan fingerprint density at radius 3 is 2.38 bits per heavy atom. The maximum absolute atomic E-state index is 10.5. The molecule has 4 N–H and O–H groups in total. The third kappa shape index (κ3) is 5.20. The van der Waals surface area contributed by atoms with Gasteiger partial charge in [-0.15, -0.1) is 0 Å². The van der Waals surface area contributed by atoms with Crippen LogP contribution in [0, 0.1) is 46.3 Å².